The molecule has 0 aliphatic carbocycles. The maximum Gasteiger partial charge on any atom is 0.336 e. The average Bonchev–Trinajstić information content (AvgIpc) is 2.50. The van der Waals surface area contributed by atoms with E-state index in [1.807, 2.05) is 26.0 Å². The molecule has 122 valence electrons. The molecular weight excluding hydrogens is 292 g/mol. The zero-order valence-electron chi connectivity index (χ0n) is 13.5. The first-order valence-corrected chi connectivity index (χ1v) is 7.61. The number of aliphatic hydroxyl groups excluding tert-OH is 1. The third-order valence-electron chi connectivity index (χ3n) is 3.87. The van der Waals surface area contributed by atoms with Gasteiger partial charge in [0, 0.05) is 17.5 Å². The lowest BCUT2D eigenvalue weighted by molar-refractivity contribution is 0.201. The van der Waals surface area contributed by atoms with E-state index in [1.54, 1.807) is 6.07 Å². The summed E-state index contributed by atoms with van der Waals surface area (Å²) in [6.07, 6.45) is 3.56. The molecule has 0 aliphatic heterocycles. The van der Waals surface area contributed by atoms with Crippen molar-refractivity contribution < 1.29 is 14.6 Å². The number of benzene rings is 1. The highest BCUT2D eigenvalue weighted by atomic mass is 16.4. The van der Waals surface area contributed by atoms with Gasteiger partial charge in [-0.25, -0.2) is 4.79 Å². The number of fused-ring (bicyclic) bond motifs is 1. The summed E-state index contributed by atoms with van der Waals surface area (Å²) in [7, 11) is 0. The zero-order chi connectivity index (χ0) is 17.0. The van der Waals surface area contributed by atoms with Crippen LogP contribution < -0.4 is 5.63 Å². The van der Waals surface area contributed by atoms with Crippen molar-refractivity contribution in [2.24, 2.45) is 0 Å². The third kappa shape index (κ3) is 4.57. The highest BCUT2D eigenvalue weighted by molar-refractivity contribution is 5.79. The summed E-state index contributed by atoms with van der Waals surface area (Å²) in [5, 5.41) is 20.6. The highest BCUT2D eigenvalue weighted by Crippen LogP contribution is 2.25. The summed E-state index contributed by atoms with van der Waals surface area (Å²) < 4.78 is 5.04. The molecule has 4 heteroatoms. The van der Waals surface area contributed by atoms with Crippen molar-refractivity contribution >= 4 is 11.0 Å². The smallest absolute Gasteiger partial charge is 0.336 e. The molecule has 2 aromatic rings. The SMILES string of the molecule is C=C(C)[C@H](O)CC/C(C)=C/Cc1cc2ccc(=O)oc2cc1O. The van der Waals surface area contributed by atoms with E-state index in [0.717, 1.165) is 28.5 Å². The minimum atomic E-state index is -0.477. The number of aromatic hydroxyl groups is 1. The first kappa shape index (κ1) is 17.0. The molecule has 2 rings (SSSR count). The number of aliphatic hydroxyl groups is 1. The Bertz CT molecular complexity index is 799. The lowest BCUT2D eigenvalue weighted by Crippen LogP contribution is -2.06. The van der Waals surface area contributed by atoms with E-state index >= 15 is 0 Å². The largest absolute Gasteiger partial charge is 0.508 e. The molecule has 0 amide bonds. The highest BCUT2D eigenvalue weighted by Gasteiger charge is 2.07. The van der Waals surface area contributed by atoms with E-state index in [2.05, 4.69) is 6.58 Å². The van der Waals surface area contributed by atoms with Gasteiger partial charge in [0.2, 0.25) is 0 Å². The van der Waals surface area contributed by atoms with Gasteiger partial charge >= 0.3 is 5.63 Å². The Kier molecular flexibility index (Phi) is 5.40. The second kappa shape index (κ2) is 7.29. The molecule has 0 radical (unpaired) electrons. The van der Waals surface area contributed by atoms with Gasteiger partial charge in [0.05, 0.1) is 6.10 Å². The second-order valence-corrected chi connectivity index (χ2v) is 5.93. The molecule has 0 bridgehead atoms. The van der Waals surface area contributed by atoms with Crippen LogP contribution in [0, 0.1) is 0 Å². The molecule has 1 atom stereocenters. The number of hydrogen-bond donors (Lipinski definition) is 2. The van der Waals surface area contributed by atoms with Gasteiger partial charge in [0.1, 0.15) is 11.3 Å². The molecule has 0 aliphatic rings. The van der Waals surface area contributed by atoms with Gasteiger partial charge in [0.15, 0.2) is 0 Å². The van der Waals surface area contributed by atoms with E-state index in [0.29, 0.717) is 18.4 Å². The Morgan fingerprint density at radius 1 is 1.35 bits per heavy atom. The molecule has 0 unspecified atom stereocenters. The minimum absolute atomic E-state index is 0.109. The lowest BCUT2D eigenvalue weighted by Gasteiger charge is -2.10. The van der Waals surface area contributed by atoms with Crippen LogP contribution in [0.3, 0.4) is 0 Å². The van der Waals surface area contributed by atoms with Crippen LogP contribution in [0.15, 0.2) is 57.3 Å². The third-order valence-corrected chi connectivity index (χ3v) is 3.87. The predicted octanol–water partition coefficient (Wildman–Crippen LogP) is 3.70. The number of allylic oxidation sites excluding steroid dienone is 2. The van der Waals surface area contributed by atoms with Gasteiger partial charge < -0.3 is 14.6 Å². The van der Waals surface area contributed by atoms with Crippen LogP contribution in [0.25, 0.3) is 11.0 Å². The summed E-state index contributed by atoms with van der Waals surface area (Å²) in [6.45, 7) is 7.56. The molecule has 0 fully saturated rings. The Labute approximate surface area is 135 Å². The molecule has 1 aromatic carbocycles. The van der Waals surface area contributed by atoms with Crippen molar-refractivity contribution in [2.45, 2.75) is 39.2 Å². The quantitative estimate of drug-likeness (QED) is 0.630. The molecule has 1 aromatic heterocycles. The van der Waals surface area contributed by atoms with Crippen LogP contribution >= 0.6 is 0 Å². The van der Waals surface area contributed by atoms with Crippen molar-refractivity contribution in [3.05, 3.63) is 64.1 Å². The summed E-state index contributed by atoms with van der Waals surface area (Å²) in [4.78, 5) is 11.2. The maximum absolute atomic E-state index is 11.2. The molecule has 2 N–H and O–H groups in total. The van der Waals surface area contributed by atoms with E-state index in [-0.39, 0.29) is 5.75 Å². The Hall–Kier alpha value is -2.33. The van der Waals surface area contributed by atoms with Crippen LogP contribution in [0.4, 0.5) is 0 Å². The van der Waals surface area contributed by atoms with Crippen molar-refractivity contribution in [3.8, 4) is 5.75 Å². The Morgan fingerprint density at radius 3 is 2.78 bits per heavy atom. The van der Waals surface area contributed by atoms with Gasteiger partial charge in [-0.2, -0.15) is 0 Å². The molecule has 1 heterocycles. The predicted molar refractivity (Wildman–Crippen MR) is 91.7 cm³/mol. The van der Waals surface area contributed by atoms with Gasteiger partial charge in [-0.05, 0) is 50.8 Å². The van der Waals surface area contributed by atoms with E-state index in [9.17, 15) is 15.0 Å². The van der Waals surface area contributed by atoms with Crippen LogP contribution in [-0.4, -0.2) is 16.3 Å². The van der Waals surface area contributed by atoms with Crippen LogP contribution in [-0.2, 0) is 6.42 Å². The lowest BCUT2D eigenvalue weighted by atomic mass is 10.0. The van der Waals surface area contributed by atoms with Crippen molar-refractivity contribution in [1.29, 1.82) is 0 Å². The van der Waals surface area contributed by atoms with E-state index in [4.69, 9.17) is 4.42 Å². The summed E-state index contributed by atoms with van der Waals surface area (Å²) in [5.74, 6) is 0.109. The van der Waals surface area contributed by atoms with Crippen LogP contribution in [0.2, 0.25) is 0 Å². The summed E-state index contributed by atoms with van der Waals surface area (Å²) >= 11 is 0. The number of hydrogen-bond acceptors (Lipinski definition) is 4. The number of phenolic OH excluding ortho intramolecular Hbond substituents is 1. The first-order chi connectivity index (χ1) is 10.9. The Morgan fingerprint density at radius 2 is 2.09 bits per heavy atom. The molecular formula is C19H22O4. The molecule has 0 spiro atoms. The Balaban J connectivity index is 2.10. The zero-order valence-corrected chi connectivity index (χ0v) is 13.5. The topological polar surface area (TPSA) is 70.7 Å². The fourth-order valence-electron chi connectivity index (χ4n) is 2.31. The number of rotatable bonds is 6. The first-order valence-electron chi connectivity index (χ1n) is 7.61. The minimum Gasteiger partial charge on any atom is -0.508 e. The van der Waals surface area contributed by atoms with E-state index < -0.39 is 11.7 Å². The monoisotopic (exact) mass is 314 g/mol. The number of phenols is 1. The maximum atomic E-state index is 11.2. The standard InChI is InChI=1S/C19H22O4/c1-12(2)16(20)8-5-13(3)4-6-14-10-15-7-9-19(22)23-18(15)11-17(14)21/h4,7,9-11,16,20-21H,1,5-6,8H2,2-3H3/b13-4+/t16-/m1/s1. The second-order valence-electron chi connectivity index (χ2n) is 5.93. The van der Waals surface area contributed by atoms with Crippen molar-refractivity contribution in [3.63, 3.8) is 0 Å². The van der Waals surface area contributed by atoms with Gasteiger partial charge in [-0.3, -0.25) is 0 Å². The summed E-state index contributed by atoms with van der Waals surface area (Å²) in [6, 6.07) is 6.34. The van der Waals surface area contributed by atoms with Crippen LogP contribution in [0.5, 0.6) is 5.75 Å². The average molecular weight is 314 g/mol. The normalized spacial score (nSPS) is 13.3. The fourth-order valence-corrected chi connectivity index (χ4v) is 2.31. The molecule has 4 nitrogen and oxygen atoms in total. The molecule has 0 saturated heterocycles. The molecule has 23 heavy (non-hydrogen) atoms. The molecule has 0 saturated carbocycles. The van der Waals surface area contributed by atoms with Gasteiger partial charge in [-0.1, -0.05) is 23.8 Å². The van der Waals surface area contributed by atoms with Gasteiger partial charge in [0.25, 0.3) is 0 Å². The fraction of sp³-hybridized carbons (Fsp3) is 0.316. The van der Waals surface area contributed by atoms with E-state index in [1.165, 1.54) is 12.1 Å². The van der Waals surface area contributed by atoms with Crippen LogP contribution in [0.1, 0.15) is 32.3 Å². The van der Waals surface area contributed by atoms with Gasteiger partial charge in [-0.15, -0.1) is 0 Å². The van der Waals surface area contributed by atoms with Crippen molar-refractivity contribution in [2.75, 3.05) is 0 Å². The van der Waals surface area contributed by atoms with Crippen molar-refractivity contribution in [1.82, 2.24) is 0 Å². The summed E-state index contributed by atoms with van der Waals surface area (Å²) in [5.41, 5.74) is 2.63.